The van der Waals surface area contributed by atoms with E-state index in [1.54, 1.807) is 35.5 Å². The van der Waals surface area contributed by atoms with Gasteiger partial charge in [0.15, 0.2) is 17.2 Å². The van der Waals surface area contributed by atoms with Gasteiger partial charge in [-0.1, -0.05) is 0 Å². The monoisotopic (exact) mass is 530 g/mol. The van der Waals surface area contributed by atoms with Crippen LogP contribution in [0.25, 0.3) is 0 Å². The topological polar surface area (TPSA) is 171 Å². The largest absolute Gasteiger partial charge is 0.444 e. The molecule has 0 aromatic carbocycles. The summed E-state index contributed by atoms with van der Waals surface area (Å²) >= 11 is 0. The smallest absolute Gasteiger partial charge is 0.410 e. The zero-order valence-electron chi connectivity index (χ0n) is 22.0. The second kappa shape index (κ2) is 12.1. The van der Waals surface area contributed by atoms with E-state index in [1.807, 2.05) is 26.8 Å². The maximum atomic E-state index is 13.1. The molecule has 0 radical (unpaired) electrons. The molecule has 0 atom stereocenters. The zero-order valence-corrected chi connectivity index (χ0v) is 22.0. The molecule has 0 saturated carbocycles. The molecule has 1 aliphatic rings. The Kier molecular flexibility index (Phi) is 8.45. The van der Waals surface area contributed by atoms with Gasteiger partial charge in [0, 0.05) is 43.8 Å². The quantitative estimate of drug-likeness (QED) is 0.408. The molecule has 39 heavy (non-hydrogen) atoms. The number of hydrogen-bond donors (Lipinski definition) is 3. The summed E-state index contributed by atoms with van der Waals surface area (Å²) in [6.45, 7) is 7.31. The number of anilines is 4. The molecule has 2 amide bonds. The first-order valence-electron chi connectivity index (χ1n) is 12.5. The van der Waals surface area contributed by atoms with E-state index >= 15 is 0 Å². The molecule has 0 bridgehead atoms. The SMILES string of the molecule is CC(C)(C)OC(=O)N1CCC(CNc2cc(Nc3cnc(C#N)cn3)nnc2C(=O)Nc2ccncc2)CC1. The van der Waals surface area contributed by atoms with Gasteiger partial charge in [-0.15, -0.1) is 10.2 Å². The number of nitrogens with zero attached hydrogens (tertiary/aromatic N) is 7. The lowest BCUT2D eigenvalue weighted by atomic mass is 9.97. The summed E-state index contributed by atoms with van der Waals surface area (Å²) < 4.78 is 5.48. The predicted molar refractivity (Wildman–Crippen MR) is 143 cm³/mol. The molecule has 13 heteroatoms. The van der Waals surface area contributed by atoms with Gasteiger partial charge >= 0.3 is 6.09 Å². The molecule has 202 valence electrons. The van der Waals surface area contributed by atoms with Crippen LogP contribution in [0.15, 0.2) is 43.0 Å². The molecule has 1 saturated heterocycles. The molecule has 0 unspecified atom stereocenters. The van der Waals surface area contributed by atoms with Gasteiger partial charge in [-0.2, -0.15) is 5.26 Å². The van der Waals surface area contributed by atoms with E-state index in [1.165, 1.54) is 12.4 Å². The molecule has 4 rings (SSSR count). The van der Waals surface area contributed by atoms with Gasteiger partial charge in [0.25, 0.3) is 5.91 Å². The van der Waals surface area contributed by atoms with E-state index in [-0.39, 0.29) is 23.4 Å². The van der Waals surface area contributed by atoms with Crippen molar-refractivity contribution in [2.24, 2.45) is 5.92 Å². The average Bonchev–Trinajstić information content (AvgIpc) is 2.92. The van der Waals surface area contributed by atoms with Crippen molar-refractivity contribution in [1.82, 2.24) is 30.0 Å². The van der Waals surface area contributed by atoms with Crippen molar-refractivity contribution in [3.05, 3.63) is 54.4 Å². The Hall–Kier alpha value is -4.86. The highest BCUT2D eigenvalue weighted by Gasteiger charge is 2.27. The highest BCUT2D eigenvalue weighted by atomic mass is 16.6. The van der Waals surface area contributed by atoms with Gasteiger partial charge in [-0.3, -0.25) is 9.78 Å². The third-order valence-corrected chi connectivity index (χ3v) is 5.82. The first-order valence-corrected chi connectivity index (χ1v) is 12.5. The fourth-order valence-electron chi connectivity index (χ4n) is 3.86. The van der Waals surface area contributed by atoms with Gasteiger partial charge in [-0.25, -0.2) is 14.8 Å². The molecular formula is C26H30N10O3. The van der Waals surface area contributed by atoms with E-state index in [0.717, 1.165) is 12.8 Å². The highest BCUT2D eigenvalue weighted by Crippen LogP contribution is 2.24. The number of nitrogens with one attached hydrogen (secondary N) is 3. The van der Waals surface area contributed by atoms with E-state index in [4.69, 9.17) is 10.00 Å². The minimum Gasteiger partial charge on any atom is -0.444 e. The van der Waals surface area contributed by atoms with Crippen LogP contribution in [0.2, 0.25) is 0 Å². The number of nitriles is 1. The molecule has 1 aliphatic heterocycles. The minimum absolute atomic E-state index is 0.120. The van der Waals surface area contributed by atoms with Gasteiger partial charge in [0.05, 0.1) is 18.1 Å². The second-order valence-electron chi connectivity index (χ2n) is 10.00. The molecule has 4 heterocycles. The third-order valence-electron chi connectivity index (χ3n) is 5.82. The van der Waals surface area contributed by atoms with Crippen molar-refractivity contribution in [1.29, 1.82) is 5.26 Å². The van der Waals surface area contributed by atoms with Crippen LogP contribution in [-0.4, -0.2) is 67.3 Å². The Morgan fingerprint density at radius 1 is 1.10 bits per heavy atom. The first-order chi connectivity index (χ1) is 18.7. The Labute approximate surface area is 226 Å². The van der Waals surface area contributed by atoms with E-state index in [2.05, 4.69) is 41.1 Å². The molecule has 3 aromatic rings. The Morgan fingerprint density at radius 3 is 2.49 bits per heavy atom. The van der Waals surface area contributed by atoms with Crippen LogP contribution in [-0.2, 0) is 4.74 Å². The van der Waals surface area contributed by atoms with Crippen molar-refractivity contribution >= 4 is 35.0 Å². The summed E-state index contributed by atoms with van der Waals surface area (Å²) in [5, 5.41) is 26.4. The Balaban J connectivity index is 1.45. The van der Waals surface area contributed by atoms with Crippen LogP contribution >= 0.6 is 0 Å². The molecule has 0 aliphatic carbocycles. The van der Waals surface area contributed by atoms with Gasteiger partial charge in [-0.05, 0) is 51.7 Å². The zero-order chi connectivity index (χ0) is 27.8. The number of amides is 2. The summed E-state index contributed by atoms with van der Waals surface area (Å²) in [6.07, 6.45) is 7.19. The Bertz CT molecular complexity index is 1330. The van der Waals surface area contributed by atoms with Crippen molar-refractivity contribution in [3.8, 4) is 6.07 Å². The highest BCUT2D eigenvalue weighted by molar-refractivity contribution is 6.06. The number of piperidine rings is 1. The molecular weight excluding hydrogens is 500 g/mol. The summed E-state index contributed by atoms with van der Waals surface area (Å²) in [4.78, 5) is 39.2. The first kappa shape index (κ1) is 27.2. The summed E-state index contributed by atoms with van der Waals surface area (Å²) in [6, 6.07) is 6.94. The van der Waals surface area contributed by atoms with Crippen molar-refractivity contribution in [2.75, 3.05) is 35.6 Å². The number of aromatic nitrogens is 5. The Morgan fingerprint density at radius 2 is 1.85 bits per heavy atom. The maximum Gasteiger partial charge on any atom is 0.410 e. The number of carbonyl (C=O) groups is 2. The maximum absolute atomic E-state index is 13.1. The fraction of sp³-hybridized carbons (Fsp3) is 0.385. The van der Waals surface area contributed by atoms with E-state index in [9.17, 15) is 9.59 Å². The fourth-order valence-corrected chi connectivity index (χ4v) is 3.86. The van der Waals surface area contributed by atoms with Crippen LogP contribution < -0.4 is 16.0 Å². The molecule has 3 N–H and O–H groups in total. The number of likely N-dealkylation sites (tertiary alicyclic amines) is 1. The lowest BCUT2D eigenvalue weighted by molar-refractivity contribution is 0.0188. The molecule has 0 spiro atoms. The number of carbonyl (C=O) groups excluding carboxylic acids is 2. The predicted octanol–water partition coefficient (Wildman–Crippen LogP) is 3.59. The summed E-state index contributed by atoms with van der Waals surface area (Å²) in [7, 11) is 0. The van der Waals surface area contributed by atoms with E-state index < -0.39 is 11.5 Å². The number of pyridine rings is 1. The number of ether oxygens (including phenoxy) is 1. The standard InChI is InChI=1S/C26H30N10O3/c1-26(2,3)39-25(38)36-10-6-17(7-11-36)14-30-20-12-21(33-22-16-29-19(13-27)15-31-22)34-35-23(20)24(37)32-18-4-8-28-9-5-18/h4-5,8-9,12,15-17H,6-7,10-11,14H2,1-3H3,(H,28,32,37)(H2,30,31,33,34). The summed E-state index contributed by atoms with van der Waals surface area (Å²) in [5.41, 5.74) is 0.832. The lowest BCUT2D eigenvalue weighted by Gasteiger charge is -2.33. The van der Waals surface area contributed by atoms with E-state index in [0.29, 0.717) is 42.6 Å². The van der Waals surface area contributed by atoms with Gasteiger partial charge < -0.3 is 25.6 Å². The van der Waals surface area contributed by atoms with Crippen molar-refractivity contribution < 1.29 is 14.3 Å². The molecule has 1 fully saturated rings. The van der Waals surface area contributed by atoms with Crippen LogP contribution in [0.5, 0.6) is 0 Å². The van der Waals surface area contributed by atoms with Crippen molar-refractivity contribution in [3.63, 3.8) is 0 Å². The second-order valence-corrected chi connectivity index (χ2v) is 10.00. The van der Waals surface area contributed by atoms with Gasteiger partial charge in [0.1, 0.15) is 17.5 Å². The average molecular weight is 531 g/mol. The van der Waals surface area contributed by atoms with Crippen LogP contribution in [0.4, 0.5) is 27.8 Å². The lowest BCUT2D eigenvalue weighted by Crippen LogP contribution is -2.42. The van der Waals surface area contributed by atoms with Crippen molar-refractivity contribution in [2.45, 2.75) is 39.2 Å². The van der Waals surface area contributed by atoms with Crippen LogP contribution in [0, 0.1) is 17.2 Å². The van der Waals surface area contributed by atoms with Gasteiger partial charge in [0.2, 0.25) is 0 Å². The normalized spacial score (nSPS) is 13.7. The third kappa shape index (κ3) is 7.81. The van der Waals surface area contributed by atoms with Crippen LogP contribution in [0.1, 0.15) is 49.8 Å². The minimum atomic E-state index is -0.536. The molecule has 13 nitrogen and oxygen atoms in total. The van der Waals surface area contributed by atoms with Crippen LogP contribution in [0.3, 0.4) is 0 Å². The number of hydrogen-bond acceptors (Lipinski definition) is 11. The number of rotatable bonds is 7. The summed E-state index contributed by atoms with van der Waals surface area (Å²) in [5.74, 6) is 0.559. The molecule has 3 aromatic heterocycles.